The molecule has 2 rings (SSSR count). The minimum Gasteiger partial charge on any atom is -0.333 e. The van der Waals surface area contributed by atoms with E-state index >= 15 is 0 Å². The van der Waals surface area contributed by atoms with Gasteiger partial charge in [0, 0.05) is 13.0 Å². The Morgan fingerprint density at radius 1 is 1.62 bits per heavy atom. The fraction of sp³-hybridized carbons (Fsp3) is 0.545. The third kappa shape index (κ3) is 1.21. The highest BCUT2D eigenvalue weighted by Crippen LogP contribution is 2.38. The molecule has 13 heavy (non-hydrogen) atoms. The van der Waals surface area contributed by atoms with Gasteiger partial charge in [0.15, 0.2) is 0 Å². The number of hydrogen-bond acceptors (Lipinski definition) is 1. The maximum absolute atomic E-state index is 11.5. The molecule has 2 heterocycles. The van der Waals surface area contributed by atoms with E-state index in [2.05, 4.69) is 18.7 Å². The summed E-state index contributed by atoms with van der Waals surface area (Å²) < 4.78 is 0. The molecule has 0 aromatic rings. The zero-order valence-electron chi connectivity index (χ0n) is 7.83. The zero-order chi connectivity index (χ0) is 9.31. The third-order valence-corrected chi connectivity index (χ3v) is 3.15. The molecule has 0 unspecified atom stereocenters. The first-order valence-electron chi connectivity index (χ1n) is 4.85. The van der Waals surface area contributed by atoms with Gasteiger partial charge in [-0.05, 0) is 19.3 Å². The monoisotopic (exact) mass is 177 g/mol. The molecule has 0 spiro atoms. The second-order valence-electron chi connectivity index (χ2n) is 3.90. The molecule has 0 aromatic heterocycles. The molecule has 0 aromatic carbocycles. The Labute approximate surface area is 78.9 Å². The summed E-state index contributed by atoms with van der Waals surface area (Å²) in [5.41, 5.74) is 0.0909. The molecular formula is C11H15NO. The molecule has 0 N–H and O–H groups in total. The van der Waals surface area contributed by atoms with Crippen molar-refractivity contribution < 1.29 is 4.79 Å². The van der Waals surface area contributed by atoms with Crippen LogP contribution in [0.2, 0.25) is 0 Å². The largest absolute Gasteiger partial charge is 0.333 e. The minimum absolute atomic E-state index is 0.0909. The van der Waals surface area contributed by atoms with Crippen molar-refractivity contribution in [3.05, 3.63) is 24.8 Å². The van der Waals surface area contributed by atoms with Gasteiger partial charge in [-0.3, -0.25) is 4.79 Å². The van der Waals surface area contributed by atoms with Gasteiger partial charge in [-0.25, -0.2) is 0 Å². The molecule has 1 fully saturated rings. The van der Waals surface area contributed by atoms with Crippen LogP contribution in [-0.2, 0) is 4.79 Å². The molecule has 2 aliphatic heterocycles. The van der Waals surface area contributed by atoms with Gasteiger partial charge in [0.2, 0.25) is 5.91 Å². The number of carbonyl (C=O) groups excluding carboxylic acids is 1. The number of amides is 1. The summed E-state index contributed by atoms with van der Waals surface area (Å²) >= 11 is 0. The van der Waals surface area contributed by atoms with E-state index < -0.39 is 0 Å². The molecule has 70 valence electrons. The lowest BCUT2D eigenvalue weighted by atomic mass is 9.86. The van der Waals surface area contributed by atoms with Crippen LogP contribution in [-0.4, -0.2) is 22.9 Å². The van der Waals surface area contributed by atoms with E-state index in [4.69, 9.17) is 0 Å². The third-order valence-electron chi connectivity index (χ3n) is 3.15. The van der Waals surface area contributed by atoms with Gasteiger partial charge in [-0.1, -0.05) is 18.2 Å². The van der Waals surface area contributed by atoms with Crippen molar-refractivity contribution >= 4 is 5.91 Å². The Hall–Kier alpha value is -1.05. The van der Waals surface area contributed by atoms with Gasteiger partial charge in [0.1, 0.15) is 0 Å². The summed E-state index contributed by atoms with van der Waals surface area (Å²) in [4.78, 5) is 13.6. The Bertz CT molecular complexity index is 269. The van der Waals surface area contributed by atoms with Crippen molar-refractivity contribution in [1.29, 1.82) is 0 Å². The van der Waals surface area contributed by atoms with E-state index in [1.165, 1.54) is 0 Å². The van der Waals surface area contributed by atoms with Crippen molar-refractivity contribution in [1.82, 2.24) is 4.90 Å². The van der Waals surface area contributed by atoms with E-state index in [0.29, 0.717) is 5.91 Å². The molecule has 2 heteroatoms. The molecule has 0 saturated carbocycles. The van der Waals surface area contributed by atoms with Crippen LogP contribution in [0.4, 0.5) is 0 Å². The van der Waals surface area contributed by atoms with Crippen LogP contribution in [0, 0.1) is 0 Å². The summed E-state index contributed by atoms with van der Waals surface area (Å²) in [5.74, 6) is 0.311. The highest BCUT2D eigenvalue weighted by Gasteiger charge is 2.43. The van der Waals surface area contributed by atoms with Crippen molar-refractivity contribution in [2.45, 2.75) is 31.2 Å². The molecule has 0 radical (unpaired) electrons. The number of carbonyl (C=O) groups is 1. The molecule has 1 atom stereocenters. The van der Waals surface area contributed by atoms with Crippen LogP contribution in [0.25, 0.3) is 0 Å². The van der Waals surface area contributed by atoms with Gasteiger partial charge in [-0.15, -0.1) is 6.58 Å². The van der Waals surface area contributed by atoms with Crippen LogP contribution in [0.1, 0.15) is 25.7 Å². The minimum atomic E-state index is 0.0909. The lowest BCUT2D eigenvalue weighted by molar-refractivity contribution is -0.130. The van der Waals surface area contributed by atoms with Crippen molar-refractivity contribution in [3.8, 4) is 0 Å². The van der Waals surface area contributed by atoms with E-state index in [1.54, 1.807) is 0 Å². The lowest BCUT2D eigenvalue weighted by Gasteiger charge is -2.39. The summed E-state index contributed by atoms with van der Waals surface area (Å²) in [7, 11) is 0. The molecule has 0 bridgehead atoms. The zero-order valence-corrected chi connectivity index (χ0v) is 7.83. The first-order valence-corrected chi connectivity index (χ1v) is 4.85. The molecule has 0 aliphatic carbocycles. The molecular weight excluding hydrogens is 162 g/mol. The Balaban J connectivity index is 2.27. The first-order chi connectivity index (χ1) is 6.28. The lowest BCUT2D eigenvalue weighted by Crippen LogP contribution is -2.46. The average molecular weight is 177 g/mol. The van der Waals surface area contributed by atoms with Crippen LogP contribution in [0.15, 0.2) is 24.8 Å². The maximum atomic E-state index is 11.5. The molecule has 1 amide bonds. The standard InChI is InChI=1S/C11H15NO/c1-2-6-11-7-3-4-9-12(11)10(13)5-8-11/h2-4H,1,5-9H2/t11-/m0/s1. The normalized spacial score (nSPS) is 32.0. The summed E-state index contributed by atoms with van der Waals surface area (Å²) in [6, 6.07) is 0. The number of hydrogen-bond donors (Lipinski definition) is 0. The predicted octanol–water partition coefficient (Wildman–Crippen LogP) is 1.88. The Kier molecular flexibility index (Phi) is 1.98. The summed E-state index contributed by atoms with van der Waals surface area (Å²) in [6.07, 6.45) is 9.87. The second kappa shape index (κ2) is 3.02. The molecule has 2 nitrogen and oxygen atoms in total. The highest BCUT2D eigenvalue weighted by molar-refractivity contribution is 5.80. The van der Waals surface area contributed by atoms with Gasteiger partial charge in [-0.2, -0.15) is 0 Å². The first kappa shape index (κ1) is 8.54. The molecule has 1 saturated heterocycles. The van der Waals surface area contributed by atoms with Crippen LogP contribution >= 0.6 is 0 Å². The number of rotatable bonds is 2. The number of nitrogens with zero attached hydrogens (tertiary/aromatic N) is 1. The Morgan fingerprint density at radius 2 is 2.46 bits per heavy atom. The summed E-state index contributed by atoms with van der Waals surface area (Å²) in [5, 5.41) is 0. The van der Waals surface area contributed by atoms with Crippen LogP contribution in [0.5, 0.6) is 0 Å². The topological polar surface area (TPSA) is 20.3 Å². The fourth-order valence-electron chi connectivity index (χ4n) is 2.43. The number of fused-ring (bicyclic) bond motifs is 1. The van der Waals surface area contributed by atoms with Crippen molar-refractivity contribution in [2.75, 3.05) is 6.54 Å². The Morgan fingerprint density at radius 3 is 3.23 bits per heavy atom. The van der Waals surface area contributed by atoms with E-state index in [9.17, 15) is 4.79 Å². The van der Waals surface area contributed by atoms with Gasteiger partial charge >= 0.3 is 0 Å². The average Bonchev–Trinajstić information content (AvgIpc) is 2.46. The second-order valence-corrected chi connectivity index (χ2v) is 3.90. The smallest absolute Gasteiger partial charge is 0.223 e. The quantitative estimate of drug-likeness (QED) is 0.590. The van der Waals surface area contributed by atoms with Crippen LogP contribution < -0.4 is 0 Å². The van der Waals surface area contributed by atoms with E-state index in [0.717, 1.165) is 32.2 Å². The summed E-state index contributed by atoms with van der Waals surface area (Å²) in [6.45, 7) is 4.57. The van der Waals surface area contributed by atoms with Crippen LogP contribution in [0.3, 0.4) is 0 Å². The van der Waals surface area contributed by atoms with E-state index in [1.807, 2.05) is 11.0 Å². The van der Waals surface area contributed by atoms with Gasteiger partial charge in [0.05, 0.1) is 5.54 Å². The predicted molar refractivity (Wildman–Crippen MR) is 52.2 cm³/mol. The SMILES string of the molecule is C=CC[C@@]12CC=CCN1C(=O)CC2. The molecule has 2 aliphatic rings. The fourth-order valence-corrected chi connectivity index (χ4v) is 2.43. The van der Waals surface area contributed by atoms with Gasteiger partial charge in [0.25, 0.3) is 0 Å². The highest BCUT2D eigenvalue weighted by atomic mass is 16.2. The maximum Gasteiger partial charge on any atom is 0.223 e. The van der Waals surface area contributed by atoms with Crippen molar-refractivity contribution in [2.24, 2.45) is 0 Å². The van der Waals surface area contributed by atoms with E-state index in [-0.39, 0.29) is 5.54 Å². The van der Waals surface area contributed by atoms with Crippen molar-refractivity contribution in [3.63, 3.8) is 0 Å². The van der Waals surface area contributed by atoms with Gasteiger partial charge < -0.3 is 4.90 Å².